The first-order valence-corrected chi connectivity index (χ1v) is 8.42. The zero-order valence-corrected chi connectivity index (χ0v) is 14.8. The van der Waals surface area contributed by atoms with Gasteiger partial charge >= 0.3 is 6.03 Å². The minimum atomic E-state index is -0.806. The fourth-order valence-electron chi connectivity index (χ4n) is 2.24. The fraction of sp³-hybridized carbons (Fsp3) is 0.0625. The zero-order chi connectivity index (χ0) is 17.3. The highest BCUT2D eigenvalue weighted by Gasteiger charge is 2.38. The minimum absolute atomic E-state index is 0.116. The SMILES string of the molecule is COc1ccccc1N1C(=O)NC(=O)C(=Cc2ccc(Br)s2)C1=O. The number of amides is 4. The lowest BCUT2D eigenvalue weighted by molar-refractivity contribution is -0.122. The summed E-state index contributed by atoms with van der Waals surface area (Å²) in [4.78, 5) is 38.6. The predicted molar refractivity (Wildman–Crippen MR) is 94.0 cm³/mol. The Morgan fingerprint density at radius 1 is 1.17 bits per heavy atom. The van der Waals surface area contributed by atoms with Gasteiger partial charge in [0.05, 0.1) is 16.6 Å². The third-order valence-corrected chi connectivity index (χ3v) is 4.88. The molecular weight excluding hydrogens is 396 g/mol. The quantitative estimate of drug-likeness (QED) is 0.627. The van der Waals surface area contributed by atoms with Gasteiger partial charge in [-0.3, -0.25) is 14.9 Å². The molecule has 1 aromatic heterocycles. The van der Waals surface area contributed by atoms with Crippen molar-refractivity contribution >= 4 is 56.9 Å². The van der Waals surface area contributed by atoms with Crippen LogP contribution in [0.5, 0.6) is 5.75 Å². The lowest BCUT2D eigenvalue weighted by Gasteiger charge is -2.27. The molecule has 0 atom stereocenters. The first-order chi connectivity index (χ1) is 11.5. The van der Waals surface area contributed by atoms with Gasteiger partial charge in [0.1, 0.15) is 11.3 Å². The van der Waals surface area contributed by atoms with Gasteiger partial charge in [0.2, 0.25) is 0 Å². The topological polar surface area (TPSA) is 75.7 Å². The van der Waals surface area contributed by atoms with Crippen molar-refractivity contribution in [2.24, 2.45) is 0 Å². The number of ether oxygens (including phenoxy) is 1. The third-order valence-electron chi connectivity index (χ3n) is 3.31. The first kappa shape index (κ1) is 16.4. The summed E-state index contributed by atoms with van der Waals surface area (Å²) in [5.74, 6) is -1.06. The molecule has 0 unspecified atom stereocenters. The second-order valence-corrected chi connectivity index (χ2v) is 7.27. The van der Waals surface area contributed by atoms with E-state index in [2.05, 4.69) is 21.2 Å². The second kappa shape index (κ2) is 6.58. The van der Waals surface area contributed by atoms with E-state index >= 15 is 0 Å². The van der Waals surface area contributed by atoms with Crippen molar-refractivity contribution in [1.82, 2.24) is 5.32 Å². The Bertz CT molecular complexity index is 874. The van der Waals surface area contributed by atoms with Crippen LogP contribution in [0, 0.1) is 0 Å². The minimum Gasteiger partial charge on any atom is -0.495 e. The number of nitrogens with zero attached hydrogens (tertiary/aromatic N) is 1. The van der Waals surface area contributed by atoms with Gasteiger partial charge in [0.25, 0.3) is 11.8 Å². The van der Waals surface area contributed by atoms with E-state index in [0.717, 1.165) is 13.6 Å². The summed E-state index contributed by atoms with van der Waals surface area (Å²) in [6, 6.07) is 9.38. The number of rotatable bonds is 3. The zero-order valence-electron chi connectivity index (χ0n) is 12.4. The maximum absolute atomic E-state index is 12.7. The van der Waals surface area contributed by atoms with Gasteiger partial charge in [-0.1, -0.05) is 12.1 Å². The molecule has 1 aliphatic rings. The summed E-state index contributed by atoms with van der Waals surface area (Å²) in [5.41, 5.74) is 0.156. The van der Waals surface area contributed by atoms with Crippen molar-refractivity contribution in [3.8, 4) is 5.75 Å². The monoisotopic (exact) mass is 406 g/mol. The summed E-state index contributed by atoms with van der Waals surface area (Å²) < 4.78 is 6.07. The number of hydrogen-bond donors (Lipinski definition) is 1. The van der Waals surface area contributed by atoms with Crippen molar-refractivity contribution in [3.63, 3.8) is 0 Å². The van der Waals surface area contributed by atoms with E-state index in [4.69, 9.17) is 4.74 Å². The number of nitrogens with one attached hydrogen (secondary N) is 1. The molecule has 1 saturated heterocycles. The smallest absolute Gasteiger partial charge is 0.336 e. The molecular formula is C16H11BrN2O4S. The number of thiophene rings is 1. The maximum atomic E-state index is 12.7. The van der Waals surface area contributed by atoms with Crippen LogP contribution in [0.3, 0.4) is 0 Å². The highest BCUT2D eigenvalue weighted by atomic mass is 79.9. The van der Waals surface area contributed by atoms with E-state index in [-0.39, 0.29) is 11.3 Å². The van der Waals surface area contributed by atoms with Crippen molar-refractivity contribution < 1.29 is 19.1 Å². The van der Waals surface area contributed by atoms with Gasteiger partial charge in [0, 0.05) is 4.88 Å². The number of para-hydroxylation sites is 2. The van der Waals surface area contributed by atoms with Gasteiger partial charge in [-0.05, 0) is 46.3 Å². The molecule has 0 bridgehead atoms. The molecule has 0 spiro atoms. The van der Waals surface area contributed by atoms with Gasteiger partial charge in [-0.15, -0.1) is 11.3 Å². The Kier molecular flexibility index (Phi) is 4.50. The molecule has 0 aliphatic carbocycles. The standard InChI is InChI=1S/C16H11BrN2O4S/c1-23-12-5-3-2-4-11(12)19-15(21)10(14(20)18-16(19)22)8-9-6-7-13(17)24-9/h2-8H,1H3,(H,18,20,22). The first-order valence-electron chi connectivity index (χ1n) is 6.81. The molecule has 6 nitrogen and oxygen atoms in total. The molecule has 1 aliphatic heterocycles. The molecule has 1 N–H and O–H groups in total. The largest absolute Gasteiger partial charge is 0.495 e. The molecule has 0 saturated carbocycles. The van der Waals surface area contributed by atoms with Crippen LogP contribution in [0.2, 0.25) is 0 Å². The Morgan fingerprint density at radius 3 is 2.58 bits per heavy atom. The molecule has 24 heavy (non-hydrogen) atoms. The van der Waals surface area contributed by atoms with E-state index in [1.54, 1.807) is 30.3 Å². The number of benzene rings is 1. The number of anilines is 1. The van der Waals surface area contributed by atoms with Crippen LogP contribution >= 0.6 is 27.3 Å². The van der Waals surface area contributed by atoms with Gasteiger partial charge < -0.3 is 4.74 Å². The molecule has 122 valence electrons. The highest BCUT2D eigenvalue weighted by Crippen LogP contribution is 2.31. The summed E-state index contributed by atoms with van der Waals surface area (Å²) in [7, 11) is 1.44. The van der Waals surface area contributed by atoms with Crippen LogP contribution in [0.25, 0.3) is 6.08 Å². The average molecular weight is 407 g/mol. The van der Waals surface area contributed by atoms with E-state index in [1.165, 1.54) is 24.5 Å². The lowest BCUT2D eigenvalue weighted by Crippen LogP contribution is -2.54. The molecule has 4 amide bonds. The van der Waals surface area contributed by atoms with Gasteiger partial charge in [-0.2, -0.15) is 0 Å². The van der Waals surface area contributed by atoms with E-state index in [1.807, 2.05) is 6.07 Å². The van der Waals surface area contributed by atoms with Crippen LogP contribution in [-0.2, 0) is 9.59 Å². The molecule has 2 aromatic rings. The fourth-order valence-corrected chi connectivity index (χ4v) is 3.61. The predicted octanol–water partition coefficient (Wildman–Crippen LogP) is 3.19. The molecule has 1 fully saturated rings. The van der Waals surface area contributed by atoms with Crippen LogP contribution in [0.15, 0.2) is 45.8 Å². The molecule has 0 radical (unpaired) electrons. The van der Waals surface area contributed by atoms with Crippen LogP contribution in [0.4, 0.5) is 10.5 Å². The average Bonchev–Trinajstić information content (AvgIpc) is 2.97. The summed E-state index contributed by atoms with van der Waals surface area (Å²) in [5, 5.41) is 2.18. The molecule has 8 heteroatoms. The second-order valence-electron chi connectivity index (χ2n) is 4.77. The lowest BCUT2D eigenvalue weighted by atomic mass is 10.1. The number of carbonyl (C=O) groups excluding carboxylic acids is 3. The van der Waals surface area contributed by atoms with E-state index < -0.39 is 17.8 Å². The normalized spacial score (nSPS) is 16.5. The Hall–Kier alpha value is -2.45. The summed E-state index contributed by atoms with van der Waals surface area (Å²) >= 11 is 4.70. The van der Waals surface area contributed by atoms with Gasteiger partial charge in [0.15, 0.2) is 0 Å². The summed E-state index contributed by atoms with van der Waals surface area (Å²) in [6.45, 7) is 0. The Labute approximate surface area is 149 Å². The van der Waals surface area contributed by atoms with Crippen LogP contribution < -0.4 is 15.0 Å². The van der Waals surface area contributed by atoms with Crippen molar-refractivity contribution in [3.05, 3.63) is 50.6 Å². The third kappa shape index (κ3) is 2.98. The number of halogens is 1. The van der Waals surface area contributed by atoms with Gasteiger partial charge in [-0.25, -0.2) is 9.69 Å². The Balaban J connectivity index is 2.05. The number of carbonyl (C=O) groups is 3. The van der Waals surface area contributed by atoms with Crippen LogP contribution in [0.1, 0.15) is 4.88 Å². The van der Waals surface area contributed by atoms with Crippen LogP contribution in [-0.4, -0.2) is 25.0 Å². The van der Waals surface area contributed by atoms with Crippen molar-refractivity contribution in [1.29, 1.82) is 0 Å². The number of imide groups is 2. The number of barbiturate groups is 1. The molecule has 1 aromatic carbocycles. The van der Waals surface area contributed by atoms with E-state index in [9.17, 15) is 14.4 Å². The van der Waals surface area contributed by atoms with E-state index in [0.29, 0.717) is 5.75 Å². The van der Waals surface area contributed by atoms with Crippen molar-refractivity contribution in [2.45, 2.75) is 0 Å². The number of urea groups is 1. The summed E-state index contributed by atoms with van der Waals surface area (Å²) in [6.07, 6.45) is 1.46. The molecule has 3 rings (SSSR count). The number of methoxy groups -OCH3 is 1. The van der Waals surface area contributed by atoms with Crippen molar-refractivity contribution in [2.75, 3.05) is 12.0 Å². The highest BCUT2D eigenvalue weighted by molar-refractivity contribution is 9.11. The maximum Gasteiger partial charge on any atom is 0.336 e. The molecule has 2 heterocycles. The number of hydrogen-bond acceptors (Lipinski definition) is 5. The Morgan fingerprint density at radius 2 is 1.92 bits per heavy atom.